The lowest BCUT2D eigenvalue weighted by Gasteiger charge is -2.10. The zero-order valence-corrected chi connectivity index (χ0v) is 11.6. The van der Waals surface area contributed by atoms with Crippen LogP contribution in [0, 0.1) is 11.7 Å². The van der Waals surface area contributed by atoms with Gasteiger partial charge in [0.15, 0.2) is 9.84 Å². The Morgan fingerprint density at radius 3 is 2.84 bits per heavy atom. The van der Waals surface area contributed by atoms with E-state index in [2.05, 4.69) is 5.32 Å². The molecule has 1 N–H and O–H groups in total. The van der Waals surface area contributed by atoms with Crippen molar-refractivity contribution in [2.24, 2.45) is 5.92 Å². The molecular formula is C12H13ClFNO3S. The minimum atomic E-state index is -2.97. The van der Waals surface area contributed by atoms with Gasteiger partial charge < -0.3 is 5.32 Å². The smallest absolute Gasteiger partial charge is 0.254 e. The fourth-order valence-electron chi connectivity index (χ4n) is 2.04. The third kappa shape index (κ3) is 3.67. The summed E-state index contributed by atoms with van der Waals surface area (Å²) in [5, 5.41) is 2.82. The van der Waals surface area contributed by atoms with E-state index in [0.29, 0.717) is 6.42 Å². The van der Waals surface area contributed by atoms with Crippen molar-refractivity contribution in [1.82, 2.24) is 5.32 Å². The number of sulfone groups is 1. The van der Waals surface area contributed by atoms with Crippen LogP contribution in [-0.2, 0) is 9.84 Å². The lowest BCUT2D eigenvalue weighted by Crippen LogP contribution is -2.30. The number of hydrogen-bond donors (Lipinski definition) is 1. The molecule has 1 amide bonds. The predicted molar refractivity (Wildman–Crippen MR) is 70.5 cm³/mol. The Balaban J connectivity index is 1.97. The average molecular weight is 306 g/mol. The van der Waals surface area contributed by atoms with Crippen LogP contribution >= 0.6 is 11.6 Å². The molecule has 4 nitrogen and oxygen atoms in total. The van der Waals surface area contributed by atoms with Crippen molar-refractivity contribution in [3.63, 3.8) is 0 Å². The Bertz CT molecular complexity index is 603. The van der Waals surface area contributed by atoms with Gasteiger partial charge in [0, 0.05) is 11.6 Å². The molecule has 0 bridgehead atoms. The van der Waals surface area contributed by atoms with Gasteiger partial charge >= 0.3 is 0 Å². The predicted octanol–water partition coefficient (Wildman–Crippen LogP) is 1.64. The van der Waals surface area contributed by atoms with Crippen LogP contribution in [0.15, 0.2) is 18.2 Å². The summed E-state index contributed by atoms with van der Waals surface area (Å²) in [6.45, 7) is 0.226. The van der Waals surface area contributed by atoms with E-state index in [-0.39, 0.29) is 34.6 Å². The van der Waals surface area contributed by atoms with Gasteiger partial charge in [-0.1, -0.05) is 11.6 Å². The molecule has 0 aromatic heterocycles. The second kappa shape index (κ2) is 5.46. The van der Waals surface area contributed by atoms with Crippen molar-refractivity contribution in [3.05, 3.63) is 34.6 Å². The second-order valence-electron chi connectivity index (χ2n) is 4.60. The standard InChI is InChI=1S/C12H13ClFNO3S/c13-9-1-2-11(14)10(5-9)12(16)15-6-8-3-4-19(17,18)7-8/h1-2,5,8H,3-4,6-7H2,(H,15,16). The highest BCUT2D eigenvalue weighted by atomic mass is 35.5. The summed E-state index contributed by atoms with van der Waals surface area (Å²) in [4.78, 5) is 11.8. The molecule has 0 spiro atoms. The number of benzene rings is 1. The van der Waals surface area contributed by atoms with Gasteiger partial charge in [0.05, 0.1) is 17.1 Å². The fraction of sp³-hybridized carbons (Fsp3) is 0.417. The quantitative estimate of drug-likeness (QED) is 0.923. The van der Waals surface area contributed by atoms with E-state index in [9.17, 15) is 17.6 Å². The van der Waals surface area contributed by atoms with Crippen molar-refractivity contribution >= 4 is 27.3 Å². The molecule has 0 radical (unpaired) electrons. The molecule has 1 aliphatic heterocycles. The summed E-state index contributed by atoms with van der Waals surface area (Å²) in [7, 11) is -2.97. The van der Waals surface area contributed by atoms with Crippen LogP contribution in [0.1, 0.15) is 16.8 Å². The number of nitrogens with one attached hydrogen (secondary N) is 1. The molecule has 1 fully saturated rings. The van der Waals surface area contributed by atoms with Gasteiger partial charge in [-0.05, 0) is 30.5 Å². The maximum absolute atomic E-state index is 13.4. The maximum atomic E-state index is 13.4. The number of halogens is 2. The molecule has 104 valence electrons. The number of carbonyl (C=O) groups excluding carboxylic acids is 1. The lowest BCUT2D eigenvalue weighted by molar-refractivity contribution is 0.0944. The first-order valence-electron chi connectivity index (χ1n) is 5.81. The van der Waals surface area contributed by atoms with Crippen molar-refractivity contribution in [2.45, 2.75) is 6.42 Å². The first-order chi connectivity index (χ1) is 8.87. The molecule has 1 aromatic carbocycles. The molecule has 19 heavy (non-hydrogen) atoms. The monoisotopic (exact) mass is 305 g/mol. The van der Waals surface area contributed by atoms with Gasteiger partial charge in [-0.3, -0.25) is 4.79 Å². The molecule has 1 atom stereocenters. The summed E-state index contributed by atoms with van der Waals surface area (Å²) in [6, 6.07) is 3.73. The van der Waals surface area contributed by atoms with E-state index >= 15 is 0 Å². The average Bonchev–Trinajstić information content (AvgIpc) is 2.69. The molecule has 1 aromatic rings. The SMILES string of the molecule is O=C(NCC1CCS(=O)(=O)C1)c1cc(Cl)ccc1F. The Kier molecular flexibility index (Phi) is 4.10. The van der Waals surface area contributed by atoms with Crippen LogP contribution in [-0.4, -0.2) is 32.4 Å². The third-order valence-corrected chi connectivity index (χ3v) is 5.12. The molecule has 7 heteroatoms. The molecule has 0 saturated carbocycles. The number of hydrogen-bond acceptors (Lipinski definition) is 3. The van der Waals surface area contributed by atoms with Gasteiger partial charge in [0.25, 0.3) is 5.91 Å². The highest BCUT2D eigenvalue weighted by Crippen LogP contribution is 2.18. The normalized spacial score (nSPS) is 21.3. The van der Waals surface area contributed by atoms with Gasteiger partial charge in [0.1, 0.15) is 5.82 Å². The molecule has 1 saturated heterocycles. The summed E-state index contributed by atoms with van der Waals surface area (Å²) in [5.74, 6) is -1.11. The summed E-state index contributed by atoms with van der Waals surface area (Å²) in [5.41, 5.74) is -0.131. The molecule has 1 aliphatic rings. The van der Waals surface area contributed by atoms with Crippen LogP contribution in [0.2, 0.25) is 5.02 Å². The van der Waals surface area contributed by atoms with E-state index in [0.717, 1.165) is 6.07 Å². The van der Waals surface area contributed by atoms with Crippen LogP contribution < -0.4 is 5.32 Å². The Morgan fingerprint density at radius 2 is 2.21 bits per heavy atom. The molecule has 1 heterocycles. The zero-order valence-electron chi connectivity index (χ0n) is 10.0. The summed E-state index contributed by atoms with van der Waals surface area (Å²) in [6.07, 6.45) is 0.528. The van der Waals surface area contributed by atoms with Crippen molar-refractivity contribution < 1.29 is 17.6 Å². The van der Waals surface area contributed by atoms with Crippen molar-refractivity contribution in [1.29, 1.82) is 0 Å². The topological polar surface area (TPSA) is 63.2 Å². The first kappa shape index (κ1) is 14.3. The van der Waals surface area contributed by atoms with Crippen molar-refractivity contribution in [3.8, 4) is 0 Å². The maximum Gasteiger partial charge on any atom is 0.254 e. The minimum absolute atomic E-state index is 0.0747. The first-order valence-corrected chi connectivity index (χ1v) is 8.01. The molecule has 0 aliphatic carbocycles. The third-order valence-electron chi connectivity index (χ3n) is 3.05. The molecular weight excluding hydrogens is 293 g/mol. The Morgan fingerprint density at radius 1 is 1.47 bits per heavy atom. The highest BCUT2D eigenvalue weighted by molar-refractivity contribution is 7.91. The van der Waals surface area contributed by atoms with E-state index in [4.69, 9.17) is 11.6 Å². The van der Waals surface area contributed by atoms with Gasteiger partial charge in [0.2, 0.25) is 0 Å². The lowest BCUT2D eigenvalue weighted by atomic mass is 10.1. The highest BCUT2D eigenvalue weighted by Gasteiger charge is 2.28. The van der Waals surface area contributed by atoms with Crippen LogP contribution in [0.4, 0.5) is 4.39 Å². The molecule has 1 unspecified atom stereocenters. The number of carbonyl (C=O) groups is 1. The van der Waals surface area contributed by atoms with E-state index < -0.39 is 21.6 Å². The van der Waals surface area contributed by atoms with Gasteiger partial charge in [-0.15, -0.1) is 0 Å². The number of rotatable bonds is 3. The van der Waals surface area contributed by atoms with Gasteiger partial charge in [-0.25, -0.2) is 12.8 Å². The minimum Gasteiger partial charge on any atom is -0.352 e. The van der Waals surface area contributed by atoms with Crippen LogP contribution in [0.3, 0.4) is 0 Å². The van der Waals surface area contributed by atoms with Crippen LogP contribution in [0.25, 0.3) is 0 Å². The zero-order chi connectivity index (χ0) is 14.0. The fourth-order valence-corrected chi connectivity index (χ4v) is 4.07. The van der Waals surface area contributed by atoms with E-state index in [1.54, 1.807) is 0 Å². The summed E-state index contributed by atoms with van der Waals surface area (Å²) < 4.78 is 36.0. The molecule has 2 rings (SSSR count). The van der Waals surface area contributed by atoms with E-state index in [1.165, 1.54) is 12.1 Å². The van der Waals surface area contributed by atoms with Gasteiger partial charge in [-0.2, -0.15) is 0 Å². The Hall–Kier alpha value is -1.14. The second-order valence-corrected chi connectivity index (χ2v) is 7.27. The Labute approximate surface area is 115 Å². The van der Waals surface area contributed by atoms with Crippen molar-refractivity contribution in [2.75, 3.05) is 18.1 Å². The van der Waals surface area contributed by atoms with Crippen LogP contribution in [0.5, 0.6) is 0 Å². The number of amides is 1. The largest absolute Gasteiger partial charge is 0.352 e. The summed E-state index contributed by atoms with van der Waals surface area (Å²) >= 11 is 5.70. The van der Waals surface area contributed by atoms with E-state index in [1.807, 2.05) is 0 Å².